The number of nitrogens with zero attached hydrogens (tertiary/aromatic N) is 5. The Morgan fingerprint density at radius 2 is 1.73 bits per heavy atom. The third-order valence-electron chi connectivity index (χ3n) is 5.72. The average Bonchev–Trinajstić information content (AvgIpc) is 3.10. The van der Waals surface area contributed by atoms with Gasteiger partial charge in [-0.3, -0.25) is 9.69 Å². The summed E-state index contributed by atoms with van der Waals surface area (Å²) >= 11 is 5.92. The average molecular weight is 484 g/mol. The molecule has 1 fully saturated rings. The van der Waals surface area contributed by atoms with E-state index in [1.165, 1.54) is 6.92 Å². The summed E-state index contributed by atoms with van der Waals surface area (Å²) in [5, 5.41) is 4.84. The fourth-order valence-corrected chi connectivity index (χ4v) is 4.16. The number of pyridine rings is 1. The van der Waals surface area contributed by atoms with Gasteiger partial charge in [0.2, 0.25) is 5.91 Å². The number of alkyl halides is 4. The lowest BCUT2D eigenvalue weighted by molar-refractivity contribution is -0.133. The summed E-state index contributed by atoms with van der Waals surface area (Å²) < 4.78 is 54.6. The van der Waals surface area contributed by atoms with E-state index in [9.17, 15) is 22.4 Å². The van der Waals surface area contributed by atoms with Crippen molar-refractivity contribution in [3.8, 4) is 0 Å². The van der Waals surface area contributed by atoms with Gasteiger partial charge in [-0.25, -0.2) is 27.2 Å². The van der Waals surface area contributed by atoms with Crippen LogP contribution in [0.5, 0.6) is 0 Å². The first-order chi connectivity index (χ1) is 15.7. The summed E-state index contributed by atoms with van der Waals surface area (Å²) in [6.45, 7) is 4.27. The van der Waals surface area contributed by atoms with Crippen molar-refractivity contribution in [2.75, 3.05) is 26.2 Å². The molecule has 0 saturated carbocycles. The molecular weight excluding hydrogens is 462 g/mol. The number of carbonyl (C=O) groups excluding carboxylic acids is 1. The van der Waals surface area contributed by atoms with E-state index in [1.807, 2.05) is 24.3 Å². The Morgan fingerprint density at radius 3 is 2.33 bits per heavy atom. The standard InChI is InChI=1S/C22H22ClF4N5O/c1-13-19-16(20(24)25)10-17(21(26)27)28-22(19)32(29-13)12-18(33)31-8-6-30(7-9-31)11-14-2-4-15(23)5-3-14/h2-5,10,20-21H,6-9,11-12H2,1H3. The number of carbonyl (C=O) groups is 1. The maximum atomic E-state index is 13.5. The maximum Gasteiger partial charge on any atom is 0.280 e. The zero-order chi connectivity index (χ0) is 23.7. The van der Waals surface area contributed by atoms with Gasteiger partial charge in [0, 0.05) is 43.3 Å². The molecule has 1 aromatic carbocycles. The number of halogens is 5. The summed E-state index contributed by atoms with van der Waals surface area (Å²) in [7, 11) is 0. The topological polar surface area (TPSA) is 54.3 Å². The zero-order valence-corrected chi connectivity index (χ0v) is 18.6. The number of amides is 1. The molecule has 2 aromatic heterocycles. The Labute approximate surface area is 192 Å². The van der Waals surface area contributed by atoms with Gasteiger partial charge in [0.1, 0.15) is 12.2 Å². The minimum atomic E-state index is -3.01. The molecule has 0 bridgehead atoms. The second kappa shape index (κ2) is 9.64. The van der Waals surface area contributed by atoms with E-state index >= 15 is 0 Å². The van der Waals surface area contributed by atoms with Gasteiger partial charge in [-0.2, -0.15) is 5.10 Å². The molecular formula is C22H22ClF4N5O. The first kappa shape index (κ1) is 23.4. The van der Waals surface area contributed by atoms with E-state index in [0.717, 1.165) is 16.8 Å². The lowest BCUT2D eigenvalue weighted by atomic mass is 10.1. The molecule has 11 heteroatoms. The highest BCUT2D eigenvalue weighted by molar-refractivity contribution is 6.30. The molecule has 0 spiro atoms. The lowest BCUT2D eigenvalue weighted by Crippen LogP contribution is -2.49. The van der Waals surface area contributed by atoms with Crippen LogP contribution in [0.15, 0.2) is 30.3 Å². The summed E-state index contributed by atoms with van der Waals surface area (Å²) in [4.78, 5) is 20.6. The van der Waals surface area contributed by atoms with Crippen molar-refractivity contribution in [1.82, 2.24) is 24.6 Å². The van der Waals surface area contributed by atoms with Gasteiger partial charge in [-0.15, -0.1) is 0 Å². The molecule has 4 rings (SSSR count). The second-order valence-corrected chi connectivity index (χ2v) is 8.40. The van der Waals surface area contributed by atoms with Crippen LogP contribution < -0.4 is 0 Å². The predicted molar refractivity (Wildman–Crippen MR) is 115 cm³/mol. The molecule has 6 nitrogen and oxygen atoms in total. The largest absolute Gasteiger partial charge is 0.339 e. The Bertz CT molecular complexity index is 1140. The van der Waals surface area contributed by atoms with Crippen LogP contribution in [-0.4, -0.2) is 56.7 Å². The van der Waals surface area contributed by atoms with E-state index in [0.29, 0.717) is 37.3 Å². The third kappa shape index (κ3) is 5.11. The van der Waals surface area contributed by atoms with Crippen LogP contribution in [0.2, 0.25) is 5.02 Å². The first-order valence-electron chi connectivity index (χ1n) is 10.4. The fourth-order valence-electron chi connectivity index (χ4n) is 4.03. The van der Waals surface area contributed by atoms with Crippen LogP contribution in [0.4, 0.5) is 17.6 Å². The van der Waals surface area contributed by atoms with Crippen molar-refractivity contribution in [3.63, 3.8) is 0 Å². The molecule has 1 aliphatic heterocycles. The van der Waals surface area contributed by atoms with Gasteiger partial charge in [0.05, 0.1) is 11.1 Å². The van der Waals surface area contributed by atoms with Gasteiger partial charge < -0.3 is 4.90 Å². The van der Waals surface area contributed by atoms with Crippen molar-refractivity contribution >= 4 is 28.5 Å². The Kier molecular flexibility index (Phi) is 6.85. The van der Waals surface area contributed by atoms with Crippen molar-refractivity contribution in [3.05, 3.63) is 57.9 Å². The molecule has 0 N–H and O–H groups in total. The van der Waals surface area contributed by atoms with Gasteiger partial charge in [-0.1, -0.05) is 23.7 Å². The molecule has 1 aliphatic rings. The van der Waals surface area contributed by atoms with Crippen LogP contribution >= 0.6 is 11.6 Å². The Balaban J connectivity index is 1.46. The highest BCUT2D eigenvalue weighted by Gasteiger charge is 2.26. The monoisotopic (exact) mass is 483 g/mol. The fraction of sp³-hybridized carbons (Fsp3) is 0.409. The van der Waals surface area contributed by atoms with Crippen LogP contribution in [0, 0.1) is 6.92 Å². The lowest BCUT2D eigenvalue weighted by Gasteiger charge is -2.34. The minimum Gasteiger partial charge on any atom is -0.339 e. The van der Waals surface area contributed by atoms with Crippen molar-refractivity contribution in [1.29, 1.82) is 0 Å². The number of benzene rings is 1. The van der Waals surface area contributed by atoms with E-state index in [2.05, 4.69) is 15.0 Å². The minimum absolute atomic E-state index is 0.00924. The number of hydrogen-bond donors (Lipinski definition) is 0. The molecule has 3 heterocycles. The highest BCUT2D eigenvalue weighted by Crippen LogP contribution is 2.32. The van der Waals surface area contributed by atoms with Crippen LogP contribution in [0.25, 0.3) is 11.0 Å². The second-order valence-electron chi connectivity index (χ2n) is 7.96. The molecule has 0 atom stereocenters. The van der Waals surface area contributed by atoms with E-state index in [4.69, 9.17) is 11.6 Å². The molecule has 0 aliphatic carbocycles. The van der Waals surface area contributed by atoms with Crippen LogP contribution in [0.3, 0.4) is 0 Å². The molecule has 1 amide bonds. The smallest absolute Gasteiger partial charge is 0.280 e. The Morgan fingerprint density at radius 1 is 1.06 bits per heavy atom. The van der Waals surface area contributed by atoms with Gasteiger partial charge in [0.15, 0.2) is 5.65 Å². The SMILES string of the molecule is Cc1nn(CC(=O)N2CCN(Cc3ccc(Cl)cc3)CC2)c2nc(C(F)F)cc(C(F)F)c12. The van der Waals surface area contributed by atoms with Crippen molar-refractivity contribution in [2.45, 2.75) is 32.9 Å². The van der Waals surface area contributed by atoms with Crippen molar-refractivity contribution < 1.29 is 22.4 Å². The highest BCUT2D eigenvalue weighted by atomic mass is 35.5. The molecule has 3 aromatic rings. The molecule has 33 heavy (non-hydrogen) atoms. The quantitative estimate of drug-likeness (QED) is 0.480. The van der Waals surface area contributed by atoms with Crippen LogP contribution in [0.1, 0.15) is 35.4 Å². The van der Waals surface area contributed by atoms with Gasteiger partial charge in [0.25, 0.3) is 12.9 Å². The maximum absolute atomic E-state index is 13.5. The predicted octanol–water partition coefficient (Wildman–Crippen LogP) is 4.61. The summed E-state index contributed by atoms with van der Waals surface area (Å²) in [5.74, 6) is -0.270. The number of aryl methyl sites for hydroxylation is 1. The summed E-state index contributed by atoms with van der Waals surface area (Å²) in [6, 6.07) is 8.29. The molecule has 0 radical (unpaired) electrons. The third-order valence-corrected chi connectivity index (χ3v) is 5.97. The Hall–Kier alpha value is -2.72. The normalized spacial score (nSPS) is 15.2. The molecule has 0 unspecified atom stereocenters. The first-order valence-corrected chi connectivity index (χ1v) is 10.8. The van der Waals surface area contributed by atoms with E-state index in [1.54, 1.807) is 4.90 Å². The van der Waals surface area contributed by atoms with E-state index < -0.39 is 24.1 Å². The zero-order valence-electron chi connectivity index (χ0n) is 17.8. The molecule has 1 saturated heterocycles. The summed E-state index contributed by atoms with van der Waals surface area (Å²) in [5.41, 5.74) is -0.109. The van der Waals surface area contributed by atoms with Crippen LogP contribution in [-0.2, 0) is 17.9 Å². The van der Waals surface area contributed by atoms with E-state index in [-0.39, 0.29) is 29.2 Å². The number of piperazine rings is 1. The number of rotatable bonds is 6. The number of hydrogen-bond acceptors (Lipinski definition) is 4. The van der Waals surface area contributed by atoms with Gasteiger partial charge in [-0.05, 0) is 30.7 Å². The summed E-state index contributed by atoms with van der Waals surface area (Å²) in [6.07, 6.45) is -5.98. The number of fused-ring (bicyclic) bond motifs is 1. The van der Waals surface area contributed by atoms with Crippen molar-refractivity contribution in [2.24, 2.45) is 0 Å². The molecule has 176 valence electrons. The number of aromatic nitrogens is 3. The van der Waals surface area contributed by atoms with Gasteiger partial charge >= 0.3 is 0 Å².